The highest BCUT2D eigenvalue weighted by molar-refractivity contribution is 7.15. The fourth-order valence-electron chi connectivity index (χ4n) is 1.36. The molecule has 0 aliphatic carbocycles. The topological polar surface area (TPSA) is 98.7 Å². The first-order valence-electron chi connectivity index (χ1n) is 5.58. The van der Waals surface area contributed by atoms with E-state index < -0.39 is 0 Å². The van der Waals surface area contributed by atoms with Gasteiger partial charge < -0.3 is 10.3 Å². The van der Waals surface area contributed by atoms with Crippen LogP contribution in [-0.2, 0) is 13.0 Å². The summed E-state index contributed by atoms with van der Waals surface area (Å²) in [5.41, 5.74) is 5.77. The lowest BCUT2D eigenvalue weighted by Gasteiger charge is -1.97. The van der Waals surface area contributed by atoms with E-state index in [-0.39, 0.29) is 5.91 Å². The van der Waals surface area contributed by atoms with Gasteiger partial charge in [0.1, 0.15) is 10.7 Å². The molecule has 2 heterocycles. The maximum absolute atomic E-state index is 11.8. The monoisotopic (exact) mass is 266 g/mol. The Labute approximate surface area is 108 Å². The van der Waals surface area contributed by atoms with Crippen molar-refractivity contribution >= 4 is 22.4 Å². The van der Waals surface area contributed by atoms with E-state index in [0.29, 0.717) is 23.9 Å². The molecule has 2 aromatic rings. The third-order valence-corrected chi connectivity index (χ3v) is 3.23. The Morgan fingerprint density at radius 1 is 1.56 bits per heavy atom. The zero-order valence-electron chi connectivity index (χ0n) is 9.96. The molecular formula is C10H14N6OS. The lowest BCUT2D eigenvalue weighted by Crippen LogP contribution is -2.12. The van der Waals surface area contributed by atoms with Crippen LogP contribution in [0.4, 0.5) is 5.13 Å². The predicted octanol–water partition coefficient (Wildman–Crippen LogP) is 0.508. The van der Waals surface area contributed by atoms with Crippen LogP contribution in [0.25, 0.3) is 0 Å². The van der Waals surface area contributed by atoms with Crippen molar-refractivity contribution in [2.75, 3.05) is 11.9 Å². The van der Waals surface area contributed by atoms with Crippen LogP contribution < -0.4 is 11.1 Å². The summed E-state index contributed by atoms with van der Waals surface area (Å²) in [7, 11) is 0. The Morgan fingerprint density at radius 2 is 2.39 bits per heavy atom. The standard InChI is InChI=1S/C10H14N6OS/c1-2-8-14-15-10(18-8)13-9(17)7-5-16(4-3-11)6-12-7/h5-6H,2-4,11H2,1H3,(H,13,15,17). The lowest BCUT2D eigenvalue weighted by molar-refractivity contribution is 0.102. The number of amides is 1. The highest BCUT2D eigenvalue weighted by atomic mass is 32.1. The van der Waals surface area contributed by atoms with Crippen molar-refractivity contribution in [2.45, 2.75) is 19.9 Å². The molecule has 0 bridgehead atoms. The fraction of sp³-hybridized carbons (Fsp3) is 0.400. The summed E-state index contributed by atoms with van der Waals surface area (Å²) in [6.07, 6.45) is 4.04. The summed E-state index contributed by atoms with van der Waals surface area (Å²) in [6, 6.07) is 0. The summed E-state index contributed by atoms with van der Waals surface area (Å²) < 4.78 is 1.77. The molecule has 0 spiro atoms. The van der Waals surface area contributed by atoms with Crippen LogP contribution in [-0.4, -0.2) is 32.2 Å². The van der Waals surface area contributed by atoms with Crippen molar-refractivity contribution in [3.63, 3.8) is 0 Å². The first-order chi connectivity index (χ1) is 8.72. The summed E-state index contributed by atoms with van der Waals surface area (Å²) >= 11 is 1.36. The van der Waals surface area contributed by atoms with Crippen LogP contribution in [0.15, 0.2) is 12.5 Å². The molecule has 18 heavy (non-hydrogen) atoms. The average molecular weight is 266 g/mol. The van der Waals surface area contributed by atoms with E-state index in [1.807, 2.05) is 6.92 Å². The Kier molecular flexibility index (Phi) is 4.00. The number of hydrogen-bond acceptors (Lipinski definition) is 6. The van der Waals surface area contributed by atoms with E-state index in [1.165, 1.54) is 11.3 Å². The number of nitrogens with one attached hydrogen (secondary N) is 1. The first kappa shape index (κ1) is 12.7. The highest BCUT2D eigenvalue weighted by Gasteiger charge is 2.12. The minimum atomic E-state index is -0.287. The van der Waals surface area contributed by atoms with Crippen LogP contribution >= 0.6 is 11.3 Å². The molecule has 0 saturated heterocycles. The van der Waals surface area contributed by atoms with Gasteiger partial charge in [0.2, 0.25) is 5.13 Å². The van der Waals surface area contributed by atoms with Gasteiger partial charge in [-0.05, 0) is 6.42 Å². The summed E-state index contributed by atoms with van der Waals surface area (Å²) in [5, 5.41) is 11.9. The van der Waals surface area contributed by atoms with E-state index in [0.717, 1.165) is 11.4 Å². The molecule has 7 nitrogen and oxygen atoms in total. The minimum Gasteiger partial charge on any atom is -0.335 e. The molecule has 0 aromatic carbocycles. The van der Waals surface area contributed by atoms with Crippen molar-refractivity contribution < 1.29 is 4.79 Å². The number of nitrogens with zero attached hydrogens (tertiary/aromatic N) is 4. The largest absolute Gasteiger partial charge is 0.335 e. The molecule has 0 saturated carbocycles. The number of anilines is 1. The van der Waals surface area contributed by atoms with Gasteiger partial charge in [-0.2, -0.15) is 0 Å². The van der Waals surface area contributed by atoms with Crippen molar-refractivity contribution in [3.05, 3.63) is 23.2 Å². The number of aryl methyl sites for hydroxylation is 1. The van der Waals surface area contributed by atoms with Crippen LogP contribution in [0.1, 0.15) is 22.4 Å². The number of hydrogen-bond donors (Lipinski definition) is 2. The van der Waals surface area contributed by atoms with Gasteiger partial charge in [0, 0.05) is 19.3 Å². The van der Waals surface area contributed by atoms with E-state index in [4.69, 9.17) is 5.73 Å². The molecule has 0 fully saturated rings. The van der Waals surface area contributed by atoms with Crippen LogP contribution in [0.2, 0.25) is 0 Å². The predicted molar refractivity (Wildman–Crippen MR) is 68.5 cm³/mol. The molecule has 0 aliphatic heterocycles. The smallest absolute Gasteiger partial charge is 0.277 e. The van der Waals surface area contributed by atoms with Gasteiger partial charge in [-0.3, -0.25) is 10.1 Å². The molecule has 2 rings (SSSR count). The van der Waals surface area contributed by atoms with E-state index in [2.05, 4.69) is 20.5 Å². The normalized spacial score (nSPS) is 10.6. The summed E-state index contributed by atoms with van der Waals surface area (Å²) in [5.74, 6) is -0.287. The van der Waals surface area contributed by atoms with Crippen molar-refractivity contribution in [1.29, 1.82) is 0 Å². The SMILES string of the molecule is CCc1nnc(NC(=O)c2cn(CCN)cn2)s1. The molecule has 0 radical (unpaired) electrons. The van der Waals surface area contributed by atoms with Crippen molar-refractivity contribution in [2.24, 2.45) is 5.73 Å². The number of aromatic nitrogens is 4. The molecule has 1 amide bonds. The van der Waals surface area contributed by atoms with E-state index >= 15 is 0 Å². The third kappa shape index (κ3) is 2.90. The van der Waals surface area contributed by atoms with Gasteiger partial charge in [0.05, 0.1) is 6.33 Å². The second-order valence-corrected chi connectivity index (χ2v) is 4.66. The van der Waals surface area contributed by atoms with Gasteiger partial charge in [0.25, 0.3) is 5.91 Å². The molecule has 96 valence electrons. The van der Waals surface area contributed by atoms with E-state index in [1.54, 1.807) is 17.1 Å². The molecular weight excluding hydrogens is 252 g/mol. The number of carbonyl (C=O) groups excluding carboxylic acids is 1. The van der Waals surface area contributed by atoms with E-state index in [9.17, 15) is 4.79 Å². The number of rotatable bonds is 5. The number of carbonyl (C=O) groups is 1. The number of nitrogens with two attached hydrogens (primary N) is 1. The fourth-order valence-corrected chi connectivity index (χ4v) is 2.03. The van der Waals surface area contributed by atoms with Gasteiger partial charge in [-0.15, -0.1) is 10.2 Å². The molecule has 8 heteroatoms. The second-order valence-electron chi connectivity index (χ2n) is 3.59. The Bertz CT molecular complexity index is 534. The van der Waals surface area contributed by atoms with Gasteiger partial charge >= 0.3 is 0 Å². The van der Waals surface area contributed by atoms with Crippen molar-refractivity contribution in [3.8, 4) is 0 Å². The maximum atomic E-state index is 11.8. The Balaban J connectivity index is 2.02. The van der Waals surface area contributed by atoms with Crippen molar-refractivity contribution in [1.82, 2.24) is 19.7 Å². The Morgan fingerprint density at radius 3 is 3.06 bits per heavy atom. The number of imidazole rings is 1. The summed E-state index contributed by atoms with van der Waals surface area (Å²) in [6.45, 7) is 3.13. The lowest BCUT2D eigenvalue weighted by atomic mass is 10.4. The van der Waals surface area contributed by atoms with Gasteiger partial charge in [-0.1, -0.05) is 18.3 Å². The molecule has 0 unspecified atom stereocenters. The second kappa shape index (κ2) is 5.69. The minimum absolute atomic E-state index is 0.287. The molecule has 0 atom stereocenters. The van der Waals surface area contributed by atoms with Gasteiger partial charge in [-0.25, -0.2) is 4.98 Å². The summed E-state index contributed by atoms with van der Waals surface area (Å²) in [4.78, 5) is 15.9. The zero-order valence-corrected chi connectivity index (χ0v) is 10.8. The maximum Gasteiger partial charge on any atom is 0.277 e. The molecule has 3 N–H and O–H groups in total. The first-order valence-corrected chi connectivity index (χ1v) is 6.40. The third-order valence-electron chi connectivity index (χ3n) is 2.24. The molecule has 0 aliphatic rings. The Hall–Kier alpha value is -1.80. The quantitative estimate of drug-likeness (QED) is 0.821. The average Bonchev–Trinajstić information content (AvgIpc) is 2.98. The molecule has 2 aromatic heterocycles. The van der Waals surface area contributed by atoms with Gasteiger partial charge in [0.15, 0.2) is 0 Å². The van der Waals surface area contributed by atoms with Crippen LogP contribution in [0.3, 0.4) is 0 Å². The zero-order chi connectivity index (χ0) is 13.0. The van der Waals surface area contributed by atoms with Crippen LogP contribution in [0, 0.1) is 0 Å². The highest BCUT2D eigenvalue weighted by Crippen LogP contribution is 2.16. The van der Waals surface area contributed by atoms with Crippen LogP contribution in [0.5, 0.6) is 0 Å².